The van der Waals surface area contributed by atoms with Crippen molar-refractivity contribution in [2.75, 3.05) is 13.7 Å². The molecule has 1 aliphatic heterocycles. The Morgan fingerprint density at radius 2 is 2.15 bits per heavy atom. The van der Waals surface area contributed by atoms with E-state index in [1.807, 2.05) is 11.1 Å². The zero-order chi connectivity index (χ0) is 18.4. The van der Waals surface area contributed by atoms with E-state index in [-0.39, 0.29) is 23.9 Å². The van der Waals surface area contributed by atoms with Gasteiger partial charge >= 0.3 is 0 Å². The second kappa shape index (κ2) is 8.94. The van der Waals surface area contributed by atoms with Crippen LogP contribution in [0.1, 0.15) is 36.8 Å². The van der Waals surface area contributed by atoms with Crippen LogP contribution in [0, 0.1) is 5.82 Å². The van der Waals surface area contributed by atoms with E-state index in [2.05, 4.69) is 10.2 Å². The lowest BCUT2D eigenvalue weighted by Crippen LogP contribution is -2.52. The first-order valence-electron chi connectivity index (χ1n) is 9.21. The summed E-state index contributed by atoms with van der Waals surface area (Å²) in [5.41, 5.74) is 2.14. The molecule has 0 aliphatic carbocycles. The Labute approximate surface area is 153 Å². The maximum atomic E-state index is 13.2. The quantitative estimate of drug-likeness (QED) is 0.826. The maximum Gasteiger partial charge on any atom is 0.222 e. The van der Waals surface area contributed by atoms with E-state index < -0.39 is 0 Å². The number of methoxy groups -OCH3 is 1. The van der Waals surface area contributed by atoms with Gasteiger partial charge in [-0.3, -0.25) is 9.89 Å². The molecule has 0 spiro atoms. The van der Waals surface area contributed by atoms with Crippen LogP contribution >= 0.6 is 0 Å². The summed E-state index contributed by atoms with van der Waals surface area (Å²) in [4.78, 5) is 14.8. The van der Waals surface area contributed by atoms with Crippen molar-refractivity contribution in [2.24, 2.45) is 0 Å². The molecular weight excluding hydrogens is 333 g/mol. The molecule has 1 fully saturated rings. The zero-order valence-electron chi connectivity index (χ0n) is 15.2. The summed E-state index contributed by atoms with van der Waals surface area (Å²) >= 11 is 0. The third-order valence-electron chi connectivity index (χ3n) is 5.11. The molecule has 5 nitrogen and oxygen atoms in total. The maximum absolute atomic E-state index is 13.2. The van der Waals surface area contributed by atoms with Crippen LogP contribution in [0.3, 0.4) is 0 Å². The van der Waals surface area contributed by atoms with Gasteiger partial charge in [0.15, 0.2) is 0 Å². The number of nitrogens with zero attached hydrogens (tertiary/aromatic N) is 2. The van der Waals surface area contributed by atoms with Crippen LogP contribution in [0.5, 0.6) is 0 Å². The number of hydrogen-bond donors (Lipinski definition) is 1. The number of aryl methyl sites for hydroxylation is 1. The Morgan fingerprint density at radius 1 is 1.35 bits per heavy atom. The highest BCUT2D eigenvalue weighted by Crippen LogP contribution is 2.25. The highest BCUT2D eigenvalue weighted by molar-refractivity contribution is 5.76. The molecule has 2 aromatic rings. The molecule has 140 valence electrons. The molecule has 1 aromatic carbocycles. The molecule has 0 radical (unpaired) electrons. The SMILES string of the molecule is CO[C@H]1CCCN(C(=O)CCCc2cn[nH]c2)[C@H]1Cc1ccc(F)cc1. The molecule has 3 rings (SSSR count). The lowest BCUT2D eigenvalue weighted by Gasteiger charge is -2.41. The Balaban J connectivity index is 1.63. The molecule has 0 bridgehead atoms. The Bertz CT molecular complexity index is 688. The Kier molecular flexibility index (Phi) is 6.39. The van der Waals surface area contributed by atoms with Crippen molar-refractivity contribution < 1.29 is 13.9 Å². The number of aromatic amines is 1. The van der Waals surface area contributed by atoms with Crippen LogP contribution in [0.15, 0.2) is 36.7 Å². The van der Waals surface area contributed by atoms with Crippen LogP contribution in [0.25, 0.3) is 0 Å². The van der Waals surface area contributed by atoms with Crippen LogP contribution < -0.4 is 0 Å². The highest BCUT2D eigenvalue weighted by atomic mass is 19.1. The molecule has 1 N–H and O–H groups in total. The van der Waals surface area contributed by atoms with Crippen molar-refractivity contribution in [1.29, 1.82) is 0 Å². The normalized spacial score (nSPS) is 20.3. The average molecular weight is 359 g/mol. The van der Waals surface area contributed by atoms with Crippen molar-refractivity contribution in [2.45, 2.75) is 50.7 Å². The lowest BCUT2D eigenvalue weighted by atomic mass is 9.92. The summed E-state index contributed by atoms with van der Waals surface area (Å²) in [7, 11) is 1.70. The fourth-order valence-electron chi connectivity index (χ4n) is 3.71. The summed E-state index contributed by atoms with van der Waals surface area (Å²) in [6, 6.07) is 6.52. The first-order valence-corrected chi connectivity index (χ1v) is 9.21. The molecule has 1 aromatic heterocycles. The minimum absolute atomic E-state index is 0.000589. The number of nitrogens with one attached hydrogen (secondary N) is 1. The van der Waals surface area contributed by atoms with Crippen molar-refractivity contribution in [3.05, 3.63) is 53.6 Å². The van der Waals surface area contributed by atoms with Crippen LogP contribution in [-0.2, 0) is 22.4 Å². The molecule has 6 heteroatoms. The van der Waals surface area contributed by atoms with E-state index in [1.165, 1.54) is 12.1 Å². The molecule has 0 saturated carbocycles. The van der Waals surface area contributed by atoms with Gasteiger partial charge in [0.2, 0.25) is 5.91 Å². The Morgan fingerprint density at radius 3 is 2.85 bits per heavy atom. The van der Waals surface area contributed by atoms with Crippen molar-refractivity contribution >= 4 is 5.91 Å². The van der Waals surface area contributed by atoms with Crippen molar-refractivity contribution in [3.8, 4) is 0 Å². The van der Waals surface area contributed by atoms with Gasteiger partial charge in [-0.1, -0.05) is 12.1 Å². The number of hydrogen-bond acceptors (Lipinski definition) is 3. The van der Waals surface area contributed by atoms with Gasteiger partial charge in [0.1, 0.15) is 5.82 Å². The molecule has 0 unspecified atom stereocenters. The number of rotatable bonds is 7. The number of amides is 1. The Hall–Kier alpha value is -2.21. The number of carbonyl (C=O) groups excluding carboxylic acids is 1. The van der Waals surface area contributed by atoms with Crippen LogP contribution in [-0.4, -0.2) is 46.8 Å². The molecule has 2 heterocycles. The van der Waals surface area contributed by atoms with E-state index >= 15 is 0 Å². The van der Waals surface area contributed by atoms with Gasteiger partial charge in [0.05, 0.1) is 18.3 Å². The molecule has 2 atom stereocenters. The predicted molar refractivity (Wildman–Crippen MR) is 97.2 cm³/mol. The standard InChI is InChI=1S/C20H26FN3O2/c1-26-19-5-3-11-24(18(19)12-15-7-9-17(21)10-8-15)20(25)6-2-4-16-13-22-23-14-16/h7-10,13-14,18-19H,2-6,11-12H2,1H3,(H,22,23)/t18-,19-/m0/s1. The highest BCUT2D eigenvalue weighted by Gasteiger charge is 2.34. The van der Waals surface area contributed by atoms with Gasteiger partial charge in [-0.2, -0.15) is 5.10 Å². The second-order valence-corrected chi connectivity index (χ2v) is 6.86. The smallest absolute Gasteiger partial charge is 0.222 e. The van der Waals surface area contributed by atoms with E-state index in [4.69, 9.17) is 4.74 Å². The topological polar surface area (TPSA) is 58.2 Å². The number of ether oxygens (including phenoxy) is 1. The van der Waals surface area contributed by atoms with Gasteiger partial charge in [0.25, 0.3) is 0 Å². The van der Waals surface area contributed by atoms with E-state index in [1.54, 1.807) is 25.4 Å². The number of benzene rings is 1. The molecule has 26 heavy (non-hydrogen) atoms. The van der Waals surface area contributed by atoms with Crippen molar-refractivity contribution in [3.63, 3.8) is 0 Å². The number of carbonyl (C=O) groups is 1. The summed E-state index contributed by atoms with van der Waals surface area (Å²) in [6.07, 6.45) is 8.42. The van der Waals surface area contributed by atoms with Crippen LogP contribution in [0.2, 0.25) is 0 Å². The van der Waals surface area contributed by atoms with Gasteiger partial charge in [0, 0.05) is 26.3 Å². The third-order valence-corrected chi connectivity index (χ3v) is 5.11. The molecular formula is C20H26FN3O2. The van der Waals surface area contributed by atoms with Crippen molar-refractivity contribution in [1.82, 2.24) is 15.1 Å². The molecule has 1 aliphatic rings. The minimum atomic E-state index is -0.243. The van der Waals surface area contributed by atoms with Gasteiger partial charge in [-0.15, -0.1) is 0 Å². The summed E-state index contributed by atoms with van der Waals surface area (Å²) in [5.74, 6) is -0.0739. The molecule has 1 saturated heterocycles. The number of likely N-dealkylation sites (tertiary alicyclic amines) is 1. The number of aromatic nitrogens is 2. The fourth-order valence-corrected chi connectivity index (χ4v) is 3.71. The van der Waals surface area contributed by atoms with Gasteiger partial charge in [-0.25, -0.2) is 4.39 Å². The van der Waals surface area contributed by atoms with E-state index in [0.29, 0.717) is 12.8 Å². The second-order valence-electron chi connectivity index (χ2n) is 6.86. The monoisotopic (exact) mass is 359 g/mol. The average Bonchev–Trinajstić information content (AvgIpc) is 3.17. The third kappa shape index (κ3) is 4.69. The molecule has 1 amide bonds. The summed E-state index contributed by atoms with van der Waals surface area (Å²) in [5, 5.41) is 6.73. The summed E-state index contributed by atoms with van der Waals surface area (Å²) < 4.78 is 18.8. The lowest BCUT2D eigenvalue weighted by molar-refractivity contribution is -0.139. The van der Waals surface area contributed by atoms with Gasteiger partial charge < -0.3 is 9.64 Å². The number of halogens is 1. The van der Waals surface area contributed by atoms with Crippen LogP contribution in [0.4, 0.5) is 4.39 Å². The fraction of sp³-hybridized carbons (Fsp3) is 0.500. The first-order chi connectivity index (χ1) is 12.7. The predicted octanol–water partition coefficient (Wildman–Crippen LogP) is 3.12. The van der Waals surface area contributed by atoms with E-state index in [9.17, 15) is 9.18 Å². The number of piperidine rings is 1. The summed E-state index contributed by atoms with van der Waals surface area (Å²) in [6.45, 7) is 0.760. The largest absolute Gasteiger partial charge is 0.379 e. The van der Waals surface area contributed by atoms with Gasteiger partial charge in [-0.05, 0) is 55.4 Å². The minimum Gasteiger partial charge on any atom is -0.379 e. The number of H-pyrrole nitrogens is 1. The van der Waals surface area contributed by atoms with E-state index in [0.717, 1.165) is 43.4 Å². The first kappa shape index (κ1) is 18.6. The zero-order valence-corrected chi connectivity index (χ0v) is 15.2.